The summed E-state index contributed by atoms with van der Waals surface area (Å²) in [6.07, 6.45) is -4.77. The summed E-state index contributed by atoms with van der Waals surface area (Å²) in [5.41, 5.74) is 4.46. The monoisotopic (exact) mass is 346 g/mol. The van der Waals surface area contributed by atoms with Crippen molar-refractivity contribution >= 4 is 5.91 Å². The second-order valence-corrected chi connectivity index (χ2v) is 7.04. The molecule has 0 aromatic heterocycles. The fourth-order valence-corrected chi connectivity index (χ4v) is 2.00. The number of hydrogen-bond acceptors (Lipinski definition) is 3. The van der Waals surface area contributed by atoms with Crippen LogP contribution >= 0.6 is 0 Å². The number of halogens is 3. The van der Waals surface area contributed by atoms with Crippen LogP contribution < -0.4 is 15.8 Å². The SMILES string of the molecule is CC(C)Oc1ccc(CNC(=O)[C@@H](N)C(C)(C)C)c(C(F)(F)F)c1. The summed E-state index contributed by atoms with van der Waals surface area (Å²) in [5, 5.41) is 2.47. The molecule has 1 aromatic carbocycles. The van der Waals surface area contributed by atoms with Gasteiger partial charge in [-0.2, -0.15) is 13.2 Å². The van der Waals surface area contributed by atoms with Gasteiger partial charge in [-0.15, -0.1) is 0 Å². The van der Waals surface area contributed by atoms with Crippen molar-refractivity contribution in [2.45, 2.75) is 59.5 Å². The van der Waals surface area contributed by atoms with E-state index in [2.05, 4.69) is 5.32 Å². The number of carbonyl (C=O) groups is 1. The molecule has 0 bridgehead atoms. The first kappa shape index (κ1) is 20.3. The summed E-state index contributed by atoms with van der Waals surface area (Å²) >= 11 is 0. The minimum Gasteiger partial charge on any atom is -0.491 e. The van der Waals surface area contributed by atoms with Crippen LogP contribution in [0.1, 0.15) is 45.7 Å². The number of nitrogens with two attached hydrogens (primary N) is 1. The minimum atomic E-state index is -4.54. The maximum absolute atomic E-state index is 13.2. The van der Waals surface area contributed by atoms with Crippen molar-refractivity contribution in [1.82, 2.24) is 5.32 Å². The number of benzene rings is 1. The van der Waals surface area contributed by atoms with Gasteiger partial charge in [0.2, 0.25) is 5.91 Å². The summed E-state index contributed by atoms with van der Waals surface area (Å²) < 4.78 is 45.0. The predicted molar refractivity (Wildman–Crippen MR) is 86.5 cm³/mol. The molecule has 0 spiro atoms. The Labute approximate surface area is 140 Å². The molecule has 0 heterocycles. The van der Waals surface area contributed by atoms with Crippen LogP contribution in [0.2, 0.25) is 0 Å². The van der Waals surface area contributed by atoms with E-state index < -0.39 is 29.1 Å². The Kier molecular flexibility index (Phi) is 6.27. The molecule has 0 fully saturated rings. The number of nitrogens with one attached hydrogen (secondary N) is 1. The first-order chi connectivity index (χ1) is 10.8. The number of alkyl halides is 3. The van der Waals surface area contributed by atoms with Gasteiger partial charge in [0.25, 0.3) is 0 Å². The molecule has 0 radical (unpaired) electrons. The van der Waals surface area contributed by atoms with Crippen molar-refractivity contribution in [3.05, 3.63) is 29.3 Å². The van der Waals surface area contributed by atoms with Crippen LogP contribution in [0.3, 0.4) is 0 Å². The molecular formula is C17H25F3N2O2. The van der Waals surface area contributed by atoms with Gasteiger partial charge in [-0.3, -0.25) is 4.79 Å². The van der Waals surface area contributed by atoms with E-state index in [9.17, 15) is 18.0 Å². The average molecular weight is 346 g/mol. The number of carbonyl (C=O) groups excluding carboxylic acids is 1. The molecular weight excluding hydrogens is 321 g/mol. The zero-order valence-electron chi connectivity index (χ0n) is 14.6. The van der Waals surface area contributed by atoms with E-state index in [0.29, 0.717) is 0 Å². The number of hydrogen-bond donors (Lipinski definition) is 2. The number of rotatable bonds is 5. The lowest BCUT2D eigenvalue weighted by atomic mass is 9.87. The van der Waals surface area contributed by atoms with Crippen LogP contribution in [0.4, 0.5) is 13.2 Å². The number of ether oxygens (including phenoxy) is 1. The third kappa shape index (κ3) is 5.70. The van der Waals surface area contributed by atoms with Crippen LogP contribution in [-0.2, 0) is 17.5 Å². The van der Waals surface area contributed by atoms with Crippen molar-refractivity contribution in [3.63, 3.8) is 0 Å². The zero-order valence-corrected chi connectivity index (χ0v) is 14.6. The van der Waals surface area contributed by atoms with Gasteiger partial charge in [-0.05, 0) is 37.0 Å². The zero-order chi connectivity index (χ0) is 18.7. The van der Waals surface area contributed by atoms with Gasteiger partial charge >= 0.3 is 6.18 Å². The molecule has 0 aliphatic carbocycles. The Bertz CT molecular complexity index is 578. The van der Waals surface area contributed by atoms with Crippen molar-refractivity contribution in [2.24, 2.45) is 11.1 Å². The van der Waals surface area contributed by atoms with Crippen molar-refractivity contribution in [2.75, 3.05) is 0 Å². The van der Waals surface area contributed by atoms with Crippen molar-refractivity contribution in [1.29, 1.82) is 0 Å². The van der Waals surface area contributed by atoms with Crippen LogP contribution in [0.25, 0.3) is 0 Å². The maximum atomic E-state index is 13.2. The molecule has 1 amide bonds. The molecule has 0 saturated carbocycles. The van der Waals surface area contributed by atoms with Crippen LogP contribution in [0.15, 0.2) is 18.2 Å². The number of amides is 1. The van der Waals surface area contributed by atoms with Crippen molar-refractivity contribution in [3.8, 4) is 5.75 Å². The molecule has 7 heteroatoms. The van der Waals surface area contributed by atoms with E-state index in [1.54, 1.807) is 34.6 Å². The van der Waals surface area contributed by atoms with E-state index in [4.69, 9.17) is 10.5 Å². The highest BCUT2D eigenvalue weighted by molar-refractivity contribution is 5.82. The summed E-state index contributed by atoms with van der Waals surface area (Å²) in [4.78, 5) is 12.0. The molecule has 4 nitrogen and oxygen atoms in total. The topological polar surface area (TPSA) is 64.3 Å². The Morgan fingerprint density at radius 2 is 1.83 bits per heavy atom. The quantitative estimate of drug-likeness (QED) is 0.858. The maximum Gasteiger partial charge on any atom is 0.416 e. The van der Waals surface area contributed by atoms with Gasteiger partial charge < -0.3 is 15.8 Å². The van der Waals surface area contributed by atoms with E-state index in [1.807, 2.05) is 0 Å². The molecule has 1 rings (SSSR count). The second kappa shape index (κ2) is 7.42. The largest absolute Gasteiger partial charge is 0.491 e. The Hall–Kier alpha value is -1.76. The van der Waals surface area contributed by atoms with Gasteiger partial charge in [0.05, 0.1) is 17.7 Å². The summed E-state index contributed by atoms with van der Waals surface area (Å²) in [6, 6.07) is 2.91. The third-order valence-electron chi connectivity index (χ3n) is 3.43. The van der Waals surface area contributed by atoms with E-state index in [0.717, 1.165) is 6.07 Å². The van der Waals surface area contributed by atoms with Crippen LogP contribution in [-0.4, -0.2) is 18.1 Å². The molecule has 136 valence electrons. The highest BCUT2D eigenvalue weighted by Gasteiger charge is 2.34. The van der Waals surface area contributed by atoms with Gasteiger partial charge in [-0.25, -0.2) is 0 Å². The molecule has 0 aliphatic heterocycles. The third-order valence-corrected chi connectivity index (χ3v) is 3.43. The lowest BCUT2D eigenvalue weighted by molar-refractivity contribution is -0.138. The smallest absolute Gasteiger partial charge is 0.416 e. The molecule has 0 aliphatic rings. The first-order valence-electron chi connectivity index (χ1n) is 7.72. The standard InChI is InChI=1S/C17H25F3N2O2/c1-10(2)24-12-7-6-11(13(8-12)17(18,19)20)9-22-15(23)14(21)16(3,4)5/h6-8,10,14H,9,21H2,1-5H3,(H,22,23)/t14-/m1/s1. The van der Waals surface area contributed by atoms with E-state index in [-0.39, 0.29) is 24.0 Å². The molecule has 3 N–H and O–H groups in total. The Morgan fingerprint density at radius 1 is 1.25 bits per heavy atom. The minimum absolute atomic E-state index is 0.0342. The first-order valence-corrected chi connectivity index (χ1v) is 7.72. The molecule has 0 saturated heterocycles. The van der Waals surface area contributed by atoms with Crippen LogP contribution in [0.5, 0.6) is 5.75 Å². The van der Waals surface area contributed by atoms with Gasteiger partial charge in [0.15, 0.2) is 0 Å². The summed E-state index contributed by atoms with van der Waals surface area (Å²) in [6.45, 7) is 8.58. The summed E-state index contributed by atoms with van der Waals surface area (Å²) in [5.74, 6) is -0.350. The van der Waals surface area contributed by atoms with E-state index >= 15 is 0 Å². The second-order valence-electron chi connectivity index (χ2n) is 7.04. The highest BCUT2D eigenvalue weighted by atomic mass is 19.4. The molecule has 1 atom stereocenters. The van der Waals surface area contributed by atoms with Gasteiger partial charge in [0, 0.05) is 6.54 Å². The molecule has 1 aromatic rings. The lowest BCUT2D eigenvalue weighted by Crippen LogP contribution is -2.48. The molecule has 24 heavy (non-hydrogen) atoms. The van der Waals surface area contributed by atoms with Crippen LogP contribution in [0, 0.1) is 5.41 Å². The fourth-order valence-electron chi connectivity index (χ4n) is 2.00. The highest BCUT2D eigenvalue weighted by Crippen LogP contribution is 2.34. The lowest BCUT2D eigenvalue weighted by Gasteiger charge is -2.26. The Morgan fingerprint density at radius 3 is 2.29 bits per heavy atom. The van der Waals surface area contributed by atoms with E-state index in [1.165, 1.54) is 12.1 Å². The molecule has 0 unspecified atom stereocenters. The van der Waals surface area contributed by atoms with Gasteiger partial charge in [-0.1, -0.05) is 26.8 Å². The normalized spacial score (nSPS) is 13.8. The fraction of sp³-hybridized carbons (Fsp3) is 0.588. The summed E-state index contributed by atoms with van der Waals surface area (Å²) in [7, 11) is 0. The average Bonchev–Trinajstić information content (AvgIpc) is 2.42. The predicted octanol–water partition coefficient (Wildman–Crippen LogP) is 3.48. The van der Waals surface area contributed by atoms with Crippen molar-refractivity contribution < 1.29 is 22.7 Å². The van der Waals surface area contributed by atoms with Gasteiger partial charge in [0.1, 0.15) is 5.75 Å². The Balaban J connectivity index is 2.97.